The number of phenols is 1. The van der Waals surface area contributed by atoms with Crippen LogP contribution >= 0.6 is 31.9 Å². The van der Waals surface area contributed by atoms with Crippen LogP contribution in [-0.4, -0.2) is 13.5 Å². The van der Waals surface area contributed by atoms with Crippen LogP contribution in [0.4, 0.5) is 0 Å². The normalized spacial score (nSPS) is 19.6. The zero-order chi connectivity index (χ0) is 19.4. The van der Waals surface area contributed by atoms with Crippen LogP contribution in [0, 0.1) is 0 Å². The van der Waals surface area contributed by atoms with Crippen molar-refractivity contribution >= 4 is 42.0 Å². The average molecular weight is 534 g/mol. The van der Waals surface area contributed by atoms with Crippen molar-refractivity contribution in [3.63, 3.8) is 0 Å². The number of halogens is 2. The van der Waals surface area contributed by atoms with Crippen LogP contribution in [0.2, 0.25) is 0 Å². The van der Waals surface area contributed by atoms with Crippen molar-refractivity contribution in [2.45, 2.75) is 10.5 Å². The molecular formula is C19H11Br2NaO5S. The molecule has 0 saturated carbocycles. The van der Waals surface area contributed by atoms with Crippen molar-refractivity contribution in [1.29, 1.82) is 0 Å². The third kappa shape index (κ3) is 3.35. The smallest absolute Gasteiger partial charge is 0.872 e. The van der Waals surface area contributed by atoms with Crippen molar-refractivity contribution in [1.82, 2.24) is 0 Å². The second kappa shape index (κ2) is 7.75. The summed E-state index contributed by atoms with van der Waals surface area (Å²) >= 11 is 6.49. The number of rotatable bonds is 2. The largest absolute Gasteiger partial charge is 1.00 e. The van der Waals surface area contributed by atoms with Gasteiger partial charge in [-0.15, -0.1) is 0 Å². The Kier molecular flexibility index (Phi) is 6.05. The van der Waals surface area contributed by atoms with E-state index in [4.69, 9.17) is 4.18 Å². The van der Waals surface area contributed by atoms with Crippen molar-refractivity contribution in [2.24, 2.45) is 0 Å². The maximum absolute atomic E-state index is 12.8. The Morgan fingerprint density at radius 1 is 0.929 bits per heavy atom. The first-order valence-corrected chi connectivity index (χ1v) is 10.8. The summed E-state index contributed by atoms with van der Waals surface area (Å²) in [5.41, 5.74) is -0.0820. The second-order valence-electron chi connectivity index (χ2n) is 6.03. The number of fused-ring (bicyclic) bond motifs is 1. The minimum Gasteiger partial charge on any atom is -0.872 e. The molecule has 1 heterocycles. The van der Waals surface area contributed by atoms with E-state index >= 15 is 0 Å². The maximum atomic E-state index is 12.8. The molecule has 0 aliphatic carbocycles. The van der Waals surface area contributed by atoms with Crippen LogP contribution in [0.15, 0.2) is 74.5 Å². The van der Waals surface area contributed by atoms with E-state index in [9.17, 15) is 18.6 Å². The summed E-state index contributed by atoms with van der Waals surface area (Å²) < 4.78 is 31.9. The fourth-order valence-electron chi connectivity index (χ4n) is 3.25. The van der Waals surface area contributed by atoms with E-state index < -0.39 is 15.7 Å². The molecule has 9 heteroatoms. The first kappa shape index (κ1) is 21.8. The van der Waals surface area contributed by atoms with E-state index in [1.165, 1.54) is 18.2 Å². The molecule has 1 aliphatic rings. The van der Waals surface area contributed by atoms with Gasteiger partial charge in [0.1, 0.15) is 10.6 Å². The number of benzene rings is 3. The SMILES string of the molecule is O=S1(=O)OC(c2ccc([O-])c(Br)c2)(c2ccc(O)c(Br)c2)c2ccccc21.[Na+]. The van der Waals surface area contributed by atoms with Gasteiger partial charge < -0.3 is 10.2 Å². The van der Waals surface area contributed by atoms with Crippen LogP contribution in [0.3, 0.4) is 0 Å². The summed E-state index contributed by atoms with van der Waals surface area (Å²) in [5, 5.41) is 21.7. The summed E-state index contributed by atoms with van der Waals surface area (Å²) in [5.74, 6) is -0.214. The number of aromatic hydroxyl groups is 1. The summed E-state index contributed by atoms with van der Waals surface area (Å²) in [6.45, 7) is 0. The first-order chi connectivity index (χ1) is 12.8. The quantitative estimate of drug-likeness (QED) is 0.392. The van der Waals surface area contributed by atoms with Crippen LogP contribution in [0.5, 0.6) is 11.5 Å². The number of hydrogen-bond donors (Lipinski definition) is 1. The maximum Gasteiger partial charge on any atom is 1.00 e. The Balaban J connectivity index is 0.00000225. The molecule has 0 radical (unpaired) electrons. The van der Waals surface area contributed by atoms with Crippen LogP contribution < -0.4 is 34.7 Å². The Labute approximate surface area is 201 Å². The summed E-state index contributed by atoms with van der Waals surface area (Å²) in [6, 6.07) is 15.6. The molecule has 0 spiro atoms. The van der Waals surface area contributed by atoms with Crippen molar-refractivity contribution in [3.8, 4) is 11.5 Å². The first-order valence-electron chi connectivity index (χ1n) is 7.77. The molecule has 3 aromatic carbocycles. The molecule has 28 heavy (non-hydrogen) atoms. The third-order valence-electron chi connectivity index (χ3n) is 4.46. The van der Waals surface area contributed by atoms with E-state index in [1.807, 2.05) is 0 Å². The van der Waals surface area contributed by atoms with Gasteiger partial charge in [-0.25, -0.2) is 4.18 Å². The molecule has 0 fully saturated rings. The second-order valence-corrected chi connectivity index (χ2v) is 9.25. The van der Waals surface area contributed by atoms with Gasteiger partial charge >= 0.3 is 29.6 Å². The van der Waals surface area contributed by atoms with Crippen molar-refractivity contribution < 1.29 is 52.4 Å². The van der Waals surface area contributed by atoms with E-state index in [-0.39, 0.29) is 46.0 Å². The van der Waals surface area contributed by atoms with Crippen LogP contribution in [0.1, 0.15) is 16.7 Å². The van der Waals surface area contributed by atoms with Gasteiger partial charge in [0, 0.05) is 10.0 Å². The topological polar surface area (TPSA) is 86.7 Å². The molecule has 0 saturated heterocycles. The third-order valence-corrected chi connectivity index (χ3v) is 7.08. The zero-order valence-corrected chi connectivity index (χ0v) is 20.5. The van der Waals surface area contributed by atoms with Crippen molar-refractivity contribution in [2.75, 3.05) is 0 Å². The molecule has 1 N–H and O–H groups in total. The van der Waals surface area contributed by atoms with Gasteiger partial charge in [-0.3, -0.25) is 0 Å². The van der Waals surface area contributed by atoms with Gasteiger partial charge in [0.25, 0.3) is 10.1 Å². The molecule has 3 aromatic rings. The summed E-state index contributed by atoms with van der Waals surface area (Å²) in [6.07, 6.45) is 0. The van der Waals surface area contributed by atoms with Crippen LogP contribution in [0.25, 0.3) is 0 Å². The van der Waals surface area contributed by atoms with Crippen LogP contribution in [-0.2, 0) is 19.9 Å². The molecule has 0 amide bonds. The Hall–Kier alpha value is -0.870. The minimum atomic E-state index is -4.03. The standard InChI is InChI=1S/C19H12Br2O5S.Na/c20-14-9-11(5-7-16(14)22)19(12-6-8-17(23)15(21)10-12)13-3-1-2-4-18(13)27(24,25)26-19;/h1-10,22-23H;/q;+1/p-1. The Morgan fingerprint density at radius 3 is 2.18 bits per heavy atom. The average Bonchev–Trinajstić information content (AvgIpc) is 2.89. The molecule has 138 valence electrons. The predicted molar refractivity (Wildman–Crippen MR) is 104 cm³/mol. The number of phenolic OH excluding ortho intramolecular Hbond substituents is 1. The fourth-order valence-corrected chi connectivity index (χ4v) is 5.43. The predicted octanol–water partition coefficient (Wildman–Crippen LogP) is 1.01. The Bertz CT molecular complexity index is 1130. The van der Waals surface area contributed by atoms with Gasteiger partial charge in [0.2, 0.25) is 0 Å². The molecule has 1 unspecified atom stereocenters. The molecule has 5 nitrogen and oxygen atoms in total. The molecular weight excluding hydrogens is 523 g/mol. The molecule has 0 aromatic heterocycles. The van der Waals surface area contributed by atoms with Gasteiger partial charge in [0.05, 0.1) is 4.47 Å². The van der Waals surface area contributed by atoms with E-state index in [0.717, 1.165) is 0 Å². The molecule has 1 aliphatic heterocycles. The van der Waals surface area contributed by atoms with Gasteiger partial charge in [-0.05, 0) is 51.3 Å². The van der Waals surface area contributed by atoms with E-state index in [1.54, 1.807) is 42.5 Å². The van der Waals surface area contributed by atoms with E-state index in [2.05, 4.69) is 31.9 Å². The monoisotopic (exact) mass is 532 g/mol. The van der Waals surface area contributed by atoms with Gasteiger partial charge in [0.15, 0.2) is 5.60 Å². The molecule has 1 atom stereocenters. The fraction of sp³-hybridized carbons (Fsp3) is 0.0526. The zero-order valence-electron chi connectivity index (χ0n) is 14.5. The van der Waals surface area contributed by atoms with Gasteiger partial charge in [-0.2, -0.15) is 8.42 Å². The Morgan fingerprint density at radius 2 is 1.54 bits per heavy atom. The minimum absolute atomic E-state index is 0. The molecule has 4 rings (SSSR count). The number of hydrogen-bond acceptors (Lipinski definition) is 5. The summed E-state index contributed by atoms with van der Waals surface area (Å²) in [4.78, 5) is 0.0662. The van der Waals surface area contributed by atoms with Gasteiger partial charge in [-0.1, -0.05) is 58.1 Å². The summed E-state index contributed by atoms with van der Waals surface area (Å²) in [7, 11) is -4.03. The molecule has 0 bridgehead atoms. The van der Waals surface area contributed by atoms with E-state index in [0.29, 0.717) is 25.6 Å². The van der Waals surface area contributed by atoms with Crippen molar-refractivity contribution in [3.05, 3.63) is 86.3 Å².